The van der Waals surface area contributed by atoms with Gasteiger partial charge in [-0.2, -0.15) is 0 Å². The zero-order chi connectivity index (χ0) is 32.5. The predicted octanol–water partition coefficient (Wildman–Crippen LogP) is 3.73. The first-order chi connectivity index (χ1) is 21.7. The maximum absolute atomic E-state index is 12.9. The molecule has 2 aromatic carbocycles. The molecular formula is C32H44N5O8+. The summed E-state index contributed by atoms with van der Waals surface area (Å²) in [6.07, 6.45) is -0.737. The molecule has 0 heterocycles. The van der Waals surface area contributed by atoms with Crippen molar-refractivity contribution in [3.8, 4) is 11.1 Å². The molecule has 3 N–H and O–H groups in total. The average Bonchev–Trinajstić information content (AvgIpc) is 3.33. The van der Waals surface area contributed by atoms with Gasteiger partial charge in [0, 0.05) is 18.9 Å². The predicted molar refractivity (Wildman–Crippen MR) is 165 cm³/mol. The highest BCUT2D eigenvalue weighted by molar-refractivity contribution is 5.83. The van der Waals surface area contributed by atoms with E-state index in [2.05, 4.69) is 32.8 Å². The van der Waals surface area contributed by atoms with Crippen molar-refractivity contribution in [3.05, 3.63) is 59.7 Å². The van der Waals surface area contributed by atoms with Gasteiger partial charge in [0.25, 0.3) is 0 Å². The number of benzene rings is 2. The molecule has 45 heavy (non-hydrogen) atoms. The van der Waals surface area contributed by atoms with E-state index in [4.69, 9.17) is 29.2 Å². The van der Waals surface area contributed by atoms with Crippen LogP contribution in [0.25, 0.3) is 11.1 Å². The molecule has 0 bridgehead atoms. The summed E-state index contributed by atoms with van der Waals surface area (Å²) in [6.45, 7) is 8.13. The third kappa shape index (κ3) is 12.4. The maximum Gasteiger partial charge on any atom is 0.407 e. The molecule has 0 spiro atoms. The molecule has 0 aromatic heterocycles. The monoisotopic (exact) mass is 626 g/mol. The zero-order valence-electron chi connectivity index (χ0n) is 26.2. The fourth-order valence-electron chi connectivity index (χ4n) is 4.73. The van der Waals surface area contributed by atoms with Gasteiger partial charge in [-0.15, -0.1) is 0 Å². The molecule has 0 aliphatic heterocycles. The van der Waals surface area contributed by atoms with Crippen molar-refractivity contribution in [1.29, 1.82) is 5.53 Å². The highest BCUT2D eigenvalue weighted by Gasteiger charge is 2.31. The van der Waals surface area contributed by atoms with Crippen molar-refractivity contribution in [3.63, 3.8) is 0 Å². The number of nitrogens with one attached hydrogen (secondary N) is 3. The van der Waals surface area contributed by atoms with Crippen LogP contribution in [-0.2, 0) is 33.3 Å². The van der Waals surface area contributed by atoms with Crippen LogP contribution in [0.4, 0.5) is 4.79 Å². The summed E-state index contributed by atoms with van der Waals surface area (Å²) in [5.74, 6) is -1.06. The van der Waals surface area contributed by atoms with Gasteiger partial charge in [0.15, 0.2) is 0 Å². The van der Waals surface area contributed by atoms with Gasteiger partial charge in [-0.25, -0.2) is 9.59 Å². The number of esters is 1. The molecule has 0 saturated heterocycles. The van der Waals surface area contributed by atoms with E-state index in [9.17, 15) is 14.4 Å². The third-order valence-corrected chi connectivity index (χ3v) is 6.71. The molecule has 13 nitrogen and oxygen atoms in total. The summed E-state index contributed by atoms with van der Waals surface area (Å²) in [6, 6.07) is 15.0. The lowest BCUT2D eigenvalue weighted by Crippen LogP contribution is -2.45. The maximum atomic E-state index is 12.9. The first-order valence-electron chi connectivity index (χ1n) is 15.1. The third-order valence-electron chi connectivity index (χ3n) is 6.71. The Bertz CT molecular complexity index is 1260. The van der Waals surface area contributed by atoms with Crippen molar-refractivity contribution in [2.45, 2.75) is 51.2 Å². The molecule has 0 fully saturated rings. The minimum atomic E-state index is -1.06. The smallest absolute Gasteiger partial charge is 0.407 e. The van der Waals surface area contributed by atoms with Gasteiger partial charge >= 0.3 is 12.1 Å². The number of rotatable bonds is 19. The summed E-state index contributed by atoms with van der Waals surface area (Å²) < 4.78 is 27.2. The Labute approximate surface area is 263 Å². The minimum absolute atomic E-state index is 0.0140. The van der Waals surface area contributed by atoms with E-state index in [-0.39, 0.29) is 44.4 Å². The topological polar surface area (TPSA) is 172 Å². The second-order valence-corrected chi connectivity index (χ2v) is 11.2. The summed E-state index contributed by atoms with van der Waals surface area (Å²) in [5.41, 5.74) is 10.2. The largest absolute Gasteiger partial charge is 0.458 e. The Morgan fingerprint density at radius 2 is 1.47 bits per heavy atom. The van der Waals surface area contributed by atoms with Crippen molar-refractivity contribution in [2.75, 3.05) is 59.3 Å². The molecule has 1 aliphatic carbocycles. The Kier molecular flexibility index (Phi) is 14.6. The Morgan fingerprint density at radius 1 is 0.889 bits per heavy atom. The van der Waals surface area contributed by atoms with E-state index >= 15 is 0 Å². The lowest BCUT2D eigenvalue weighted by molar-refractivity contribution is -0.157. The van der Waals surface area contributed by atoms with Crippen LogP contribution in [0, 0.1) is 5.53 Å². The van der Waals surface area contributed by atoms with Crippen molar-refractivity contribution >= 4 is 18.0 Å². The van der Waals surface area contributed by atoms with Crippen LogP contribution in [0.2, 0.25) is 0 Å². The average molecular weight is 627 g/mol. The van der Waals surface area contributed by atoms with E-state index in [1.54, 1.807) is 20.8 Å². The number of ether oxygens (including phenoxy) is 5. The number of amides is 2. The van der Waals surface area contributed by atoms with Crippen LogP contribution in [0.5, 0.6) is 0 Å². The van der Waals surface area contributed by atoms with Crippen LogP contribution in [0.1, 0.15) is 50.7 Å². The number of alkyl carbamates (subject to hydrolysis) is 1. The van der Waals surface area contributed by atoms with Gasteiger partial charge in [0.1, 0.15) is 35.4 Å². The molecule has 13 heteroatoms. The van der Waals surface area contributed by atoms with Crippen molar-refractivity contribution < 1.29 is 38.1 Å². The molecule has 3 rings (SSSR count). The summed E-state index contributed by atoms with van der Waals surface area (Å²) in [4.78, 5) is 41.1. The standard InChI is InChI=1S/C32H43N5O8/c1-32(2,3)45-30(39)28(12-13-29(38)34-14-16-41-18-20-43-21-19-42-17-15-35-37-33)36-31(40)44-22-27-25-10-6-4-8-23(25)24-9-5-7-11-26(24)27/h4-11,27-28,33H,12-22H2,1-3H3,(H-,34,36,38,40)/p+1/t28-/m0/s1. The molecule has 1 atom stereocenters. The first-order valence-corrected chi connectivity index (χ1v) is 15.1. The highest BCUT2D eigenvalue weighted by atomic mass is 16.6. The summed E-state index contributed by atoms with van der Waals surface area (Å²) in [5, 5.41) is 8.82. The number of nitrogens with zero attached hydrogens (tertiary/aromatic N) is 2. The highest BCUT2D eigenvalue weighted by Crippen LogP contribution is 2.44. The SMILES string of the molecule is CC(C)(C)OC(=O)[C@H](CCC(=O)NCCOCCOCCOCCN=[N+]=N)NC(=O)OCC1c2ccccc2-c2ccccc21. The van der Waals surface area contributed by atoms with Crippen LogP contribution >= 0.6 is 0 Å². The quantitative estimate of drug-likeness (QED) is 0.0916. The fourth-order valence-corrected chi connectivity index (χ4v) is 4.73. The van der Waals surface area contributed by atoms with E-state index in [0.29, 0.717) is 39.6 Å². The second kappa shape index (κ2) is 18.6. The van der Waals surface area contributed by atoms with Gasteiger partial charge in [-0.3, -0.25) is 4.79 Å². The van der Waals surface area contributed by atoms with E-state index in [1.807, 2.05) is 36.4 Å². The molecule has 0 saturated carbocycles. The van der Waals surface area contributed by atoms with Gasteiger partial charge < -0.3 is 34.3 Å². The van der Waals surface area contributed by atoms with E-state index < -0.39 is 23.7 Å². The van der Waals surface area contributed by atoms with Gasteiger partial charge in [-0.05, 0) is 49.4 Å². The summed E-state index contributed by atoms with van der Waals surface area (Å²) >= 11 is 0. The van der Waals surface area contributed by atoms with Crippen LogP contribution in [-0.4, -0.2) is 89.0 Å². The van der Waals surface area contributed by atoms with Gasteiger partial charge in [-0.1, -0.05) is 48.5 Å². The van der Waals surface area contributed by atoms with Crippen LogP contribution in [0.15, 0.2) is 53.6 Å². The van der Waals surface area contributed by atoms with E-state index in [1.165, 1.54) is 0 Å². The Hall–Kier alpha value is -4.16. The van der Waals surface area contributed by atoms with Crippen molar-refractivity contribution in [1.82, 2.24) is 15.5 Å². The van der Waals surface area contributed by atoms with Crippen LogP contribution in [0.3, 0.4) is 0 Å². The fraction of sp³-hybridized carbons (Fsp3) is 0.531. The van der Waals surface area contributed by atoms with Gasteiger partial charge in [0.05, 0.1) is 39.6 Å². The number of hydrogen-bond donors (Lipinski definition) is 3. The van der Waals surface area contributed by atoms with Crippen LogP contribution < -0.4 is 15.5 Å². The Morgan fingerprint density at radius 3 is 2.07 bits per heavy atom. The van der Waals surface area contributed by atoms with Crippen molar-refractivity contribution in [2.24, 2.45) is 5.11 Å². The number of fused-ring (bicyclic) bond motifs is 3. The molecule has 0 unspecified atom stereocenters. The second-order valence-electron chi connectivity index (χ2n) is 11.2. The molecule has 1 aliphatic rings. The number of carbonyl (C=O) groups excluding carboxylic acids is 3. The summed E-state index contributed by atoms with van der Waals surface area (Å²) in [7, 11) is 0. The molecular weight excluding hydrogens is 582 g/mol. The lowest BCUT2D eigenvalue weighted by atomic mass is 9.98. The minimum Gasteiger partial charge on any atom is -0.458 e. The molecule has 2 amide bonds. The molecule has 244 valence electrons. The normalized spacial score (nSPS) is 12.8. The van der Waals surface area contributed by atoms with E-state index in [0.717, 1.165) is 22.3 Å². The molecule has 2 aromatic rings. The lowest BCUT2D eigenvalue weighted by Gasteiger charge is -2.24. The first kappa shape index (κ1) is 35.3. The van der Waals surface area contributed by atoms with Gasteiger partial charge in [0.2, 0.25) is 10.8 Å². The molecule has 0 radical (unpaired) electrons. The zero-order valence-corrected chi connectivity index (χ0v) is 26.2. The number of hydrogen-bond acceptors (Lipinski definition) is 10. The number of carbonyl (C=O) groups is 3. The Balaban J connectivity index is 1.39.